The minimum Gasteiger partial charge on any atom is -0.507 e. The van der Waals surface area contributed by atoms with Gasteiger partial charge in [0.25, 0.3) is 0 Å². The average molecular weight is 410 g/mol. The number of carbonyl (C=O) groups excluding carboxylic acids is 2. The van der Waals surface area contributed by atoms with Crippen LogP contribution in [0.2, 0.25) is 0 Å². The first-order valence-electron chi connectivity index (χ1n) is 9.79. The van der Waals surface area contributed by atoms with Crippen LogP contribution in [0.25, 0.3) is 0 Å². The van der Waals surface area contributed by atoms with E-state index in [1.54, 1.807) is 6.20 Å². The maximum atomic E-state index is 12.2. The van der Waals surface area contributed by atoms with E-state index < -0.39 is 5.97 Å². The first-order chi connectivity index (χ1) is 14.3. The molecule has 3 rings (SSSR count). The second-order valence-electron chi connectivity index (χ2n) is 7.39. The number of allylic oxidation sites excluding steroid dienone is 2. The smallest absolute Gasteiger partial charge is 0.342 e. The molecule has 1 aliphatic heterocycles. The van der Waals surface area contributed by atoms with Crippen molar-refractivity contribution >= 4 is 17.7 Å². The minimum absolute atomic E-state index is 0.0950. The number of cyclic esters (lactones) is 1. The third kappa shape index (κ3) is 4.30. The molecule has 1 aromatic heterocycles. The van der Waals surface area contributed by atoms with E-state index in [0.29, 0.717) is 42.0 Å². The highest BCUT2D eigenvalue weighted by Gasteiger charge is 2.31. The number of ether oxygens (including phenoxy) is 2. The normalized spacial score (nSPS) is 13.1. The van der Waals surface area contributed by atoms with E-state index >= 15 is 0 Å². The number of pyridine rings is 1. The number of methoxy groups -OCH3 is 1. The molecule has 2 aromatic rings. The van der Waals surface area contributed by atoms with E-state index in [1.165, 1.54) is 7.11 Å². The van der Waals surface area contributed by atoms with Crippen LogP contribution in [0.1, 0.15) is 52.4 Å². The quantitative estimate of drug-likeness (QED) is 0.529. The Hall–Kier alpha value is -3.35. The van der Waals surface area contributed by atoms with Gasteiger partial charge in [-0.1, -0.05) is 17.7 Å². The van der Waals surface area contributed by atoms with Gasteiger partial charge in [-0.2, -0.15) is 0 Å². The van der Waals surface area contributed by atoms with Gasteiger partial charge >= 0.3 is 5.97 Å². The van der Waals surface area contributed by atoms with E-state index in [-0.39, 0.29) is 23.8 Å². The molecule has 30 heavy (non-hydrogen) atoms. The number of aromatic nitrogens is 1. The molecule has 0 unspecified atom stereocenters. The summed E-state index contributed by atoms with van der Waals surface area (Å²) in [5, 5.41) is 13.5. The zero-order valence-electron chi connectivity index (χ0n) is 17.7. The Morgan fingerprint density at radius 3 is 2.83 bits per heavy atom. The number of nitrogens with zero attached hydrogens (tertiary/aromatic N) is 1. The Balaban J connectivity index is 1.69. The van der Waals surface area contributed by atoms with Gasteiger partial charge in [0.2, 0.25) is 5.91 Å². The number of rotatable bonds is 7. The summed E-state index contributed by atoms with van der Waals surface area (Å²) in [6.07, 6.45) is 4.83. The Bertz CT molecular complexity index is 1030. The zero-order chi connectivity index (χ0) is 21.8. The molecule has 0 spiro atoms. The van der Waals surface area contributed by atoms with Gasteiger partial charge in [-0.15, -0.1) is 0 Å². The standard InChI is InChI=1S/C23H26N2O5/c1-13(8-10-18(26)25-22-14(2)6-5-11-24-22)7-9-16-20(27)19-17(12-30-23(19)28)15(3)21(16)29-4/h5-7,11,27H,8-10,12H2,1-4H3,(H,24,25,26)/b13-7+. The van der Waals surface area contributed by atoms with Crippen LogP contribution < -0.4 is 10.1 Å². The molecule has 0 saturated heterocycles. The molecule has 1 aromatic carbocycles. The van der Waals surface area contributed by atoms with Crippen molar-refractivity contribution in [2.24, 2.45) is 0 Å². The summed E-state index contributed by atoms with van der Waals surface area (Å²) in [6.45, 7) is 5.81. The van der Waals surface area contributed by atoms with Crippen LogP contribution in [-0.4, -0.2) is 29.1 Å². The summed E-state index contributed by atoms with van der Waals surface area (Å²) < 4.78 is 10.6. The molecule has 158 valence electrons. The van der Waals surface area contributed by atoms with Crippen LogP contribution in [0.5, 0.6) is 11.5 Å². The molecule has 1 aliphatic rings. The molecule has 0 fully saturated rings. The van der Waals surface area contributed by atoms with Crippen molar-refractivity contribution in [1.82, 2.24) is 4.98 Å². The lowest BCUT2D eigenvalue weighted by Crippen LogP contribution is -2.13. The van der Waals surface area contributed by atoms with Gasteiger partial charge in [0, 0.05) is 23.7 Å². The summed E-state index contributed by atoms with van der Waals surface area (Å²) >= 11 is 0. The van der Waals surface area contributed by atoms with Gasteiger partial charge < -0.3 is 19.9 Å². The van der Waals surface area contributed by atoms with Crippen LogP contribution in [0, 0.1) is 13.8 Å². The summed E-state index contributed by atoms with van der Waals surface area (Å²) in [5.74, 6) is 0.399. The Morgan fingerprint density at radius 2 is 2.13 bits per heavy atom. The molecule has 1 amide bonds. The fraction of sp³-hybridized carbons (Fsp3) is 0.348. The highest BCUT2D eigenvalue weighted by Crippen LogP contribution is 2.42. The number of esters is 1. The Morgan fingerprint density at radius 1 is 1.37 bits per heavy atom. The predicted molar refractivity (Wildman–Crippen MR) is 113 cm³/mol. The highest BCUT2D eigenvalue weighted by atomic mass is 16.5. The molecular weight excluding hydrogens is 384 g/mol. The molecule has 2 N–H and O–H groups in total. The number of carbonyl (C=O) groups is 2. The topological polar surface area (TPSA) is 97.8 Å². The van der Waals surface area contributed by atoms with E-state index in [1.807, 2.05) is 39.0 Å². The van der Waals surface area contributed by atoms with Crippen LogP contribution in [0.15, 0.2) is 30.0 Å². The molecule has 0 bridgehead atoms. The van der Waals surface area contributed by atoms with E-state index in [9.17, 15) is 14.7 Å². The van der Waals surface area contributed by atoms with Crippen molar-refractivity contribution in [2.45, 2.75) is 46.6 Å². The van der Waals surface area contributed by atoms with Gasteiger partial charge in [0.1, 0.15) is 29.5 Å². The van der Waals surface area contributed by atoms with Gasteiger partial charge in [0.15, 0.2) is 0 Å². The molecule has 0 atom stereocenters. The van der Waals surface area contributed by atoms with Crippen LogP contribution >= 0.6 is 0 Å². The molecule has 7 nitrogen and oxygen atoms in total. The van der Waals surface area contributed by atoms with Crippen molar-refractivity contribution in [2.75, 3.05) is 12.4 Å². The van der Waals surface area contributed by atoms with Gasteiger partial charge in [-0.3, -0.25) is 4.79 Å². The fourth-order valence-electron chi connectivity index (χ4n) is 3.53. The number of phenols is 1. The van der Waals surface area contributed by atoms with Crippen LogP contribution in [0.4, 0.5) is 5.82 Å². The third-order valence-electron chi connectivity index (χ3n) is 5.32. The van der Waals surface area contributed by atoms with Gasteiger partial charge in [-0.05, 0) is 50.8 Å². The lowest BCUT2D eigenvalue weighted by molar-refractivity contribution is -0.116. The van der Waals surface area contributed by atoms with Crippen molar-refractivity contribution in [3.05, 3.63) is 57.8 Å². The Labute approximate surface area is 175 Å². The van der Waals surface area contributed by atoms with Crippen molar-refractivity contribution in [3.8, 4) is 11.5 Å². The number of anilines is 1. The number of amides is 1. The zero-order valence-corrected chi connectivity index (χ0v) is 17.7. The van der Waals surface area contributed by atoms with Crippen LogP contribution in [-0.2, 0) is 22.6 Å². The monoisotopic (exact) mass is 410 g/mol. The fourth-order valence-corrected chi connectivity index (χ4v) is 3.53. The second kappa shape index (κ2) is 8.98. The lowest BCUT2D eigenvalue weighted by Gasteiger charge is -2.15. The number of fused-ring (bicyclic) bond motifs is 1. The SMILES string of the molecule is COc1c(C)c2c(c(O)c1C/C=C(\C)CCC(=O)Nc1ncccc1C)C(=O)OC2. The number of nitrogens with one attached hydrogen (secondary N) is 1. The summed E-state index contributed by atoms with van der Waals surface area (Å²) in [4.78, 5) is 28.4. The Kier molecular flexibility index (Phi) is 6.40. The molecule has 0 saturated carbocycles. The first-order valence-corrected chi connectivity index (χ1v) is 9.79. The van der Waals surface area contributed by atoms with Gasteiger partial charge in [0.05, 0.1) is 7.11 Å². The molecule has 7 heteroatoms. The number of phenolic OH excluding ortho intramolecular Hbond substituents is 1. The average Bonchev–Trinajstić information content (AvgIpc) is 3.11. The van der Waals surface area contributed by atoms with Gasteiger partial charge in [-0.25, -0.2) is 9.78 Å². The summed E-state index contributed by atoms with van der Waals surface area (Å²) in [6, 6.07) is 3.71. The van der Waals surface area contributed by atoms with E-state index in [0.717, 1.165) is 16.7 Å². The van der Waals surface area contributed by atoms with E-state index in [2.05, 4.69) is 10.3 Å². The van der Waals surface area contributed by atoms with E-state index in [4.69, 9.17) is 9.47 Å². The maximum Gasteiger partial charge on any atom is 0.342 e. The highest BCUT2D eigenvalue weighted by molar-refractivity contribution is 5.98. The summed E-state index contributed by atoms with van der Waals surface area (Å²) in [5.41, 5.74) is 4.12. The molecule has 2 heterocycles. The van der Waals surface area contributed by atoms with Crippen molar-refractivity contribution in [3.63, 3.8) is 0 Å². The largest absolute Gasteiger partial charge is 0.507 e. The first kappa shape index (κ1) is 21.4. The third-order valence-corrected chi connectivity index (χ3v) is 5.32. The van der Waals surface area contributed by atoms with Crippen molar-refractivity contribution < 1.29 is 24.2 Å². The number of benzene rings is 1. The minimum atomic E-state index is -0.517. The molecule has 0 aliphatic carbocycles. The number of aryl methyl sites for hydroxylation is 1. The number of hydrogen-bond acceptors (Lipinski definition) is 6. The second-order valence-corrected chi connectivity index (χ2v) is 7.39. The lowest BCUT2D eigenvalue weighted by atomic mass is 9.94. The molecule has 0 radical (unpaired) electrons. The maximum absolute atomic E-state index is 12.2. The number of aromatic hydroxyl groups is 1. The summed E-state index contributed by atoms with van der Waals surface area (Å²) in [7, 11) is 1.54. The predicted octanol–water partition coefficient (Wildman–Crippen LogP) is 3.99. The van der Waals surface area contributed by atoms with Crippen molar-refractivity contribution in [1.29, 1.82) is 0 Å². The van der Waals surface area contributed by atoms with Crippen LogP contribution in [0.3, 0.4) is 0 Å². The number of hydrogen-bond donors (Lipinski definition) is 2. The molecular formula is C23H26N2O5.